The molecule has 0 radical (unpaired) electrons. The molecule has 0 heterocycles. The molecule has 0 aliphatic carbocycles. The molecule has 0 saturated heterocycles. The quantitative estimate of drug-likeness (QED) is 0.0789. The largest absolute Gasteiger partial charge is 0.379 e. The number of methoxy groups -OCH3 is 1. The number of unbranched alkanes of at least 4 members (excludes halogenated alkanes) is 13. The second-order valence-corrected chi connectivity index (χ2v) is 11.6. The number of hydrogen-bond acceptors (Lipinski definition) is 3. The first-order valence-electron chi connectivity index (χ1n) is 16.7. The van der Waals surface area contributed by atoms with Crippen LogP contribution in [0.5, 0.6) is 0 Å². The molecule has 3 rings (SSSR count). The highest BCUT2D eigenvalue weighted by molar-refractivity contribution is 5.47. The van der Waals surface area contributed by atoms with Crippen LogP contribution in [-0.2, 0) is 19.8 Å². The topological polar surface area (TPSA) is 27.7 Å². The highest BCUT2D eigenvalue weighted by Crippen LogP contribution is 2.40. The molecule has 3 aromatic carbocycles. The summed E-state index contributed by atoms with van der Waals surface area (Å²) in [5, 5.41) is 0. The monoisotopic (exact) mass is 572 g/mol. The zero-order chi connectivity index (χ0) is 29.6. The number of ether oxygens (including phenoxy) is 3. The minimum Gasteiger partial charge on any atom is -0.379 e. The van der Waals surface area contributed by atoms with E-state index in [-0.39, 0.29) is 6.10 Å². The van der Waals surface area contributed by atoms with E-state index in [9.17, 15) is 0 Å². The van der Waals surface area contributed by atoms with Gasteiger partial charge in [0.2, 0.25) is 0 Å². The molecule has 1 atom stereocenters. The van der Waals surface area contributed by atoms with Crippen LogP contribution < -0.4 is 0 Å². The summed E-state index contributed by atoms with van der Waals surface area (Å²) in [7, 11) is 1.75. The van der Waals surface area contributed by atoms with Crippen LogP contribution in [0.2, 0.25) is 0 Å². The highest BCUT2D eigenvalue weighted by atomic mass is 16.6. The summed E-state index contributed by atoms with van der Waals surface area (Å²) in [5.41, 5.74) is 2.55. The van der Waals surface area contributed by atoms with Crippen molar-refractivity contribution in [1.82, 2.24) is 0 Å². The van der Waals surface area contributed by atoms with E-state index < -0.39 is 5.60 Å². The summed E-state index contributed by atoms with van der Waals surface area (Å²) >= 11 is 0. The van der Waals surface area contributed by atoms with Crippen LogP contribution in [-0.4, -0.2) is 33.0 Å². The molecule has 3 aromatic rings. The zero-order valence-corrected chi connectivity index (χ0v) is 26.5. The maximum atomic E-state index is 6.92. The highest BCUT2D eigenvalue weighted by Gasteiger charge is 2.38. The molecule has 0 aliphatic rings. The zero-order valence-electron chi connectivity index (χ0n) is 26.5. The molecule has 42 heavy (non-hydrogen) atoms. The molecule has 0 amide bonds. The fourth-order valence-corrected chi connectivity index (χ4v) is 5.78. The van der Waals surface area contributed by atoms with Gasteiger partial charge in [-0.3, -0.25) is 0 Å². The average molecular weight is 573 g/mol. The summed E-state index contributed by atoms with van der Waals surface area (Å²) in [5.74, 6) is 0. The van der Waals surface area contributed by atoms with Gasteiger partial charge >= 0.3 is 0 Å². The normalized spacial score (nSPS) is 12.4. The van der Waals surface area contributed by atoms with Gasteiger partial charge in [0.05, 0.1) is 13.2 Å². The molecular formula is C39H56O3. The lowest BCUT2D eigenvalue weighted by atomic mass is 9.80. The van der Waals surface area contributed by atoms with Gasteiger partial charge in [0, 0.05) is 13.7 Å². The van der Waals surface area contributed by atoms with Crippen molar-refractivity contribution in [3.63, 3.8) is 0 Å². The predicted octanol–water partition coefficient (Wildman–Crippen LogP) is 10.5. The molecule has 0 fully saturated rings. The first kappa shape index (κ1) is 34.0. The lowest BCUT2D eigenvalue weighted by Gasteiger charge is -2.37. The standard InChI is InChI=1S/C39H56O3/c1-3-4-5-6-7-8-9-10-11-12-13-14-15-25-32-41-33-38(40-2)34-42-39(35-26-19-16-20-27-35,36-28-21-17-22-29-36)37-30-23-18-24-31-37/h16-24,26-31,38H,3-15,25,32-34H2,1-2H3. The average Bonchev–Trinajstić information content (AvgIpc) is 3.05. The van der Waals surface area contributed by atoms with E-state index in [1.807, 2.05) is 18.2 Å². The molecular weight excluding hydrogens is 516 g/mol. The van der Waals surface area contributed by atoms with Gasteiger partial charge in [-0.15, -0.1) is 0 Å². The van der Waals surface area contributed by atoms with Crippen LogP contribution >= 0.6 is 0 Å². The van der Waals surface area contributed by atoms with Gasteiger partial charge in [-0.05, 0) is 23.1 Å². The minimum atomic E-state index is -0.741. The lowest BCUT2D eigenvalue weighted by Crippen LogP contribution is -2.37. The van der Waals surface area contributed by atoms with Crippen molar-refractivity contribution in [1.29, 1.82) is 0 Å². The Bertz CT molecular complexity index is 925. The van der Waals surface area contributed by atoms with E-state index in [1.54, 1.807) is 7.11 Å². The first-order chi connectivity index (χ1) is 20.8. The third-order valence-corrected chi connectivity index (χ3v) is 8.31. The van der Waals surface area contributed by atoms with Crippen molar-refractivity contribution in [3.8, 4) is 0 Å². The Kier molecular flexibility index (Phi) is 17.2. The van der Waals surface area contributed by atoms with Gasteiger partial charge < -0.3 is 14.2 Å². The summed E-state index contributed by atoms with van der Waals surface area (Å²) in [6.07, 6.45) is 19.0. The Morgan fingerprint density at radius 3 is 1.26 bits per heavy atom. The van der Waals surface area contributed by atoms with Crippen LogP contribution in [0.25, 0.3) is 0 Å². The summed E-state index contributed by atoms with van der Waals surface area (Å²) in [6, 6.07) is 31.5. The third kappa shape index (κ3) is 11.7. The Balaban J connectivity index is 1.39. The summed E-state index contributed by atoms with van der Waals surface area (Å²) in [4.78, 5) is 0. The molecule has 0 aromatic heterocycles. The van der Waals surface area contributed by atoms with Gasteiger partial charge in [0.1, 0.15) is 11.7 Å². The molecule has 230 valence electrons. The third-order valence-electron chi connectivity index (χ3n) is 8.31. The van der Waals surface area contributed by atoms with Gasteiger partial charge in [-0.1, -0.05) is 181 Å². The Morgan fingerprint density at radius 2 is 0.881 bits per heavy atom. The van der Waals surface area contributed by atoms with Gasteiger partial charge in [0.15, 0.2) is 0 Å². The summed E-state index contributed by atoms with van der Waals surface area (Å²) < 4.78 is 18.8. The molecule has 0 bridgehead atoms. The lowest BCUT2D eigenvalue weighted by molar-refractivity contribution is -0.0785. The second kappa shape index (κ2) is 21.3. The number of hydrogen-bond donors (Lipinski definition) is 0. The fourth-order valence-electron chi connectivity index (χ4n) is 5.78. The Morgan fingerprint density at radius 1 is 0.500 bits per heavy atom. The smallest absolute Gasteiger partial charge is 0.143 e. The van der Waals surface area contributed by atoms with Crippen LogP contribution in [0.4, 0.5) is 0 Å². The van der Waals surface area contributed by atoms with Crippen LogP contribution in [0.15, 0.2) is 91.0 Å². The van der Waals surface area contributed by atoms with Crippen molar-refractivity contribution in [2.24, 2.45) is 0 Å². The molecule has 0 aliphatic heterocycles. The predicted molar refractivity (Wildman–Crippen MR) is 177 cm³/mol. The Hall–Kier alpha value is -2.46. The van der Waals surface area contributed by atoms with Crippen LogP contribution in [0.3, 0.4) is 0 Å². The van der Waals surface area contributed by atoms with Crippen molar-refractivity contribution in [2.75, 3.05) is 26.9 Å². The fraction of sp³-hybridized carbons (Fsp3) is 0.538. The van der Waals surface area contributed by atoms with E-state index >= 15 is 0 Å². The van der Waals surface area contributed by atoms with Crippen molar-refractivity contribution >= 4 is 0 Å². The molecule has 0 spiro atoms. The van der Waals surface area contributed by atoms with Crippen LogP contribution in [0.1, 0.15) is 114 Å². The Labute approximate surface area is 257 Å². The number of rotatable bonds is 24. The molecule has 1 unspecified atom stereocenters. The van der Waals surface area contributed by atoms with Gasteiger partial charge in [0.25, 0.3) is 0 Å². The van der Waals surface area contributed by atoms with Crippen molar-refractivity contribution in [3.05, 3.63) is 108 Å². The van der Waals surface area contributed by atoms with E-state index in [1.165, 1.54) is 83.5 Å². The van der Waals surface area contributed by atoms with E-state index in [0.29, 0.717) is 13.2 Å². The molecule has 0 saturated carbocycles. The molecule has 3 nitrogen and oxygen atoms in total. The molecule has 0 N–H and O–H groups in total. The maximum Gasteiger partial charge on any atom is 0.143 e. The second-order valence-electron chi connectivity index (χ2n) is 11.6. The van der Waals surface area contributed by atoms with E-state index in [2.05, 4.69) is 79.7 Å². The van der Waals surface area contributed by atoms with E-state index in [4.69, 9.17) is 14.2 Å². The molecule has 3 heteroatoms. The minimum absolute atomic E-state index is 0.146. The van der Waals surface area contributed by atoms with Crippen molar-refractivity contribution in [2.45, 2.75) is 109 Å². The first-order valence-corrected chi connectivity index (χ1v) is 16.7. The SMILES string of the molecule is CCCCCCCCCCCCCCCCOCC(COC(c1ccccc1)(c1ccccc1)c1ccccc1)OC. The summed E-state index contributed by atoms with van der Waals surface area (Å²) in [6.45, 7) is 4.02. The maximum absolute atomic E-state index is 6.92. The van der Waals surface area contributed by atoms with Gasteiger partial charge in [-0.2, -0.15) is 0 Å². The van der Waals surface area contributed by atoms with Crippen molar-refractivity contribution < 1.29 is 14.2 Å². The van der Waals surface area contributed by atoms with Gasteiger partial charge in [-0.25, -0.2) is 0 Å². The number of benzene rings is 3. The van der Waals surface area contributed by atoms with Crippen LogP contribution in [0, 0.1) is 0 Å². The van der Waals surface area contributed by atoms with E-state index in [0.717, 1.165) is 29.7 Å².